The predicted octanol–water partition coefficient (Wildman–Crippen LogP) is 2.54. The lowest BCUT2D eigenvalue weighted by molar-refractivity contribution is -0.127. The van der Waals surface area contributed by atoms with Gasteiger partial charge in [-0.2, -0.15) is 0 Å². The third kappa shape index (κ3) is 10.3. The maximum Gasteiger partial charge on any atom is 0.243 e. The van der Waals surface area contributed by atoms with Crippen molar-refractivity contribution in [1.82, 2.24) is 15.5 Å². The highest BCUT2D eigenvalue weighted by molar-refractivity contribution is 5.84. The van der Waals surface area contributed by atoms with Crippen LogP contribution in [-0.2, 0) is 9.53 Å². The van der Waals surface area contributed by atoms with E-state index in [1.807, 2.05) is 0 Å². The van der Waals surface area contributed by atoms with Crippen LogP contribution in [0.3, 0.4) is 0 Å². The molecule has 0 bridgehead atoms. The molecule has 1 aliphatic heterocycles. The molecule has 0 aliphatic carbocycles. The molecule has 6 nitrogen and oxygen atoms in total. The quantitative estimate of drug-likeness (QED) is 0.359. The van der Waals surface area contributed by atoms with Gasteiger partial charge < -0.3 is 20.3 Å². The second-order valence-electron chi connectivity index (χ2n) is 7.22. The summed E-state index contributed by atoms with van der Waals surface area (Å²) in [4.78, 5) is 17.9. The number of nitrogens with zero attached hydrogens (tertiary/aromatic N) is 2. The van der Waals surface area contributed by atoms with Crippen LogP contribution in [0, 0.1) is 0 Å². The van der Waals surface area contributed by atoms with E-state index in [1.165, 1.54) is 32.1 Å². The second-order valence-corrected chi connectivity index (χ2v) is 7.22. The Morgan fingerprint density at radius 3 is 2.72 bits per heavy atom. The highest BCUT2D eigenvalue weighted by Crippen LogP contribution is 2.11. The Bertz CT molecular complexity index is 393. The van der Waals surface area contributed by atoms with Crippen molar-refractivity contribution in [3.63, 3.8) is 0 Å². The van der Waals surface area contributed by atoms with Gasteiger partial charge >= 0.3 is 0 Å². The summed E-state index contributed by atoms with van der Waals surface area (Å²) < 4.78 is 5.77. The van der Waals surface area contributed by atoms with Crippen LogP contribution in [0.2, 0.25) is 0 Å². The van der Waals surface area contributed by atoms with Gasteiger partial charge in [-0.1, -0.05) is 32.6 Å². The smallest absolute Gasteiger partial charge is 0.243 e. The first-order chi connectivity index (χ1) is 12.0. The van der Waals surface area contributed by atoms with E-state index in [0.29, 0.717) is 12.0 Å². The minimum absolute atomic E-state index is 0.00520. The number of likely N-dealkylation sites (N-methyl/N-ethyl adjacent to an activating group) is 1. The van der Waals surface area contributed by atoms with Crippen LogP contribution in [0.15, 0.2) is 4.99 Å². The van der Waals surface area contributed by atoms with Crippen molar-refractivity contribution in [3.05, 3.63) is 0 Å². The fourth-order valence-electron chi connectivity index (χ4n) is 2.80. The number of amides is 1. The molecule has 1 aliphatic rings. The van der Waals surface area contributed by atoms with E-state index in [1.54, 1.807) is 19.0 Å². The fraction of sp³-hybridized carbons (Fsp3) is 0.895. The zero-order valence-corrected chi connectivity index (χ0v) is 16.6. The van der Waals surface area contributed by atoms with Gasteiger partial charge in [-0.15, -0.1) is 0 Å². The van der Waals surface area contributed by atoms with E-state index < -0.39 is 0 Å². The molecule has 0 radical (unpaired) electrons. The molecule has 1 amide bonds. The van der Waals surface area contributed by atoms with Crippen molar-refractivity contribution in [1.29, 1.82) is 0 Å². The van der Waals surface area contributed by atoms with E-state index in [-0.39, 0.29) is 18.6 Å². The van der Waals surface area contributed by atoms with Crippen molar-refractivity contribution < 1.29 is 9.53 Å². The molecule has 1 fully saturated rings. The summed E-state index contributed by atoms with van der Waals surface area (Å²) in [5.41, 5.74) is 0. The van der Waals surface area contributed by atoms with E-state index in [9.17, 15) is 4.79 Å². The van der Waals surface area contributed by atoms with Crippen molar-refractivity contribution in [2.75, 3.05) is 33.8 Å². The summed E-state index contributed by atoms with van der Waals surface area (Å²) in [5, 5.41) is 6.80. The molecule has 0 aromatic rings. The third-order valence-corrected chi connectivity index (χ3v) is 4.52. The summed E-state index contributed by atoms with van der Waals surface area (Å²) >= 11 is 0. The lowest BCUT2D eigenvalue weighted by Gasteiger charge is -2.25. The van der Waals surface area contributed by atoms with Gasteiger partial charge in [0.05, 0.1) is 6.10 Å². The molecule has 2 unspecified atom stereocenters. The SMILES string of the molecule is CCCCCCC(C)NC(=NCC(=O)N(C)C)NCC1CCCCO1. The molecular formula is C19H38N4O2. The lowest BCUT2D eigenvalue weighted by atomic mass is 10.1. The molecule has 2 N–H and O–H groups in total. The topological polar surface area (TPSA) is 66.0 Å². The number of carbonyl (C=O) groups is 1. The summed E-state index contributed by atoms with van der Waals surface area (Å²) in [6.07, 6.45) is 9.86. The number of ether oxygens (including phenoxy) is 1. The Morgan fingerprint density at radius 1 is 1.28 bits per heavy atom. The standard InChI is InChI=1S/C19H38N4O2/c1-5-6-7-8-11-16(2)22-19(21-15-18(24)23(3)4)20-14-17-12-9-10-13-25-17/h16-17H,5-15H2,1-4H3,(H2,20,21,22). The average Bonchev–Trinajstić information content (AvgIpc) is 2.61. The minimum Gasteiger partial charge on any atom is -0.376 e. The Hall–Kier alpha value is -1.30. The molecular weight excluding hydrogens is 316 g/mol. The number of guanidine groups is 1. The van der Waals surface area contributed by atoms with Gasteiger partial charge in [-0.25, -0.2) is 4.99 Å². The van der Waals surface area contributed by atoms with Gasteiger partial charge in [0.25, 0.3) is 0 Å². The van der Waals surface area contributed by atoms with Crippen LogP contribution in [-0.4, -0.2) is 62.7 Å². The summed E-state index contributed by atoms with van der Waals surface area (Å²) in [6.45, 7) is 6.15. The Kier molecular flexibility index (Phi) is 11.3. The average molecular weight is 355 g/mol. The predicted molar refractivity (Wildman–Crippen MR) is 104 cm³/mol. The zero-order chi connectivity index (χ0) is 18.5. The molecule has 2 atom stereocenters. The Morgan fingerprint density at radius 2 is 2.08 bits per heavy atom. The molecule has 0 aromatic heterocycles. The van der Waals surface area contributed by atoms with E-state index >= 15 is 0 Å². The van der Waals surface area contributed by atoms with Crippen LogP contribution in [0.1, 0.15) is 65.2 Å². The van der Waals surface area contributed by atoms with Gasteiger partial charge in [-0.05, 0) is 32.6 Å². The van der Waals surface area contributed by atoms with Gasteiger partial charge in [0, 0.05) is 33.3 Å². The third-order valence-electron chi connectivity index (χ3n) is 4.52. The molecule has 0 saturated carbocycles. The van der Waals surface area contributed by atoms with Crippen LogP contribution in [0.4, 0.5) is 0 Å². The van der Waals surface area contributed by atoms with E-state index in [2.05, 4.69) is 29.5 Å². The van der Waals surface area contributed by atoms with Crippen molar-refractivity contribution in [2.24, 2.45) is 4.99 Å². The van der Waals surface area contributed by atoms with Gasteiger partial charge in [-0.3, -0.25) is 4.79 Å². The zero-order valence-electron chi connectivity index (χ0n) is 16.6. The van der Waals surface area contributed by atoms with Crippen LogP contribution in [0.5, 0.6) is 0 Å². The van der Waals surface area contributed by atoms with Crippen LogP contribution < -0.4 is 10.6 Å². The summed E-state index contributed by atoms with van der Waals surface area (Å²) in [5.74, 6) is 0.720. The van der Waals surface area contributed by atoms with Crippen LogP contribution >= 0.6 is 0 Å². The van der Waals surface area contributed by atoms with E-state index in [4.69, 9.17) is 4.74 Å². The molecule has 0 aromatic carbocycles. The molecule has 1 saturated heterocycles. The van der Waals surface area contributed by atoms with E-state index in [0.717, 1.165) is 32.4 Å². The maximum absolute atomic E-state index is 11.8. The summed E-state index contributed by atoms with van der Waals surface area (Å²) in [7, 11) is 3.51. The first-order valence-electron chi connectivity index (χ1n) is 9.89. The molecule has 0 spiro atoms. The number of rotatable bonds is 10. The number of unbranched alkanes of at least 4 members (excludes halogenated alkanes) is 3. The molecule has 1 rings (SSSR count). The van der Waals surface area contributed by atoms with Crippen molar-refractivity contribution >= 4 is 11.9 Å². The number of hydrogen-bond acceptors (Lipinski definition) is 3. The molecule has 146 valence electrons. The lowest BCUT2D eigenvalue weighted by Crippen LogP contribution is -2.46. The van der Waals surface area contributed by atoms with Gasteiger partial charge in [0.15, 0.2) is 5.96 Å². The second kappa shape index (κ2) is 13.0. The van der Waals surface area contributed by atoms with Crippen molar-refractivity contribution in [3.8, 4) is 0 Å². The summed E-state index contributed by atoms with van der Waals surface area (Å²) in [6, 6.07) is 0.338. The maximum atomic E-state index is 11.8. The highest BCUT2D eigenvalue weighted by atomic mass is 16.5. The van der Waals surface area contributed by atoms with Gasteiger partial charge in [0.1, 0.15) is 6.54 Å². The fourth-order valence-corrected chi connectivity index (χ4v) is 2.80. The Labute approximate surface area is 153 Å². The first kappa shape index (κ1) is 21.7. The van der Waals surface area contributed by atoms with Gasteiger partial charge in [0.2, 0.25) is 5.91 Å². The Balaban J connectivity index is 2.47. The largest absolute Gasteiger partial charge is 0.376 e. The molecule has 25 heavy (non-hydrogen) atoms. The number of nitrogens with one attached hydrogen (secondary N) is 2. The number of carbonyl (C=O) groups excluding carboxylic acids is 1. The first-order valence-corrected chi connectivity index (χ1v) is 9.89. The molecule has 6 heteroatoms. The normalized spacial score (nSPS) is 19.4. The molecule has 1 heterocycles. The highest BCUT2D eigenvalue weighted by Gasteiger charge is 2.15. The number of aliphatic imine (C=N–C) groups is 1. The minimum atomic E-state index is 0.00520. The monoisotopic (exact) mass is 354 g/mol. The van der Waals surface area contributed by atoms with Crippen molar-refractivity contribution in [2.45, 2.75) is 77.4 Å². The van der Waals surface area contributed by atoms with Crippen LogP contribution in [0.25, 0.3) is 0 Å². The number of hydrogen-bond donors (Lipinski definition) is 2.